The SMILES string of the molecule is CC(=O)OB(OC(C)=O)Oc1ccccc1[C@H](N[C@H](C)c1ccccc1)C(C)(C)C. The molecule has 0 unspecified atom stereocenters. The van der Waals surface area contributed by atoms with Gasteiger partial charge in [-0.25, -0.2) is 0 Å². The monoisotopic (exact) mass is 411 g/mol. The van der Waals surface area contributed by atoms with Gasteiger partial charge in [-0.15, -0.1) is 0 Å². The van der Waals surface area contributed by atoms with Crippen LogP contribution < -0.4 is 9.97 Å². The first-order chi connectivity index (χ1) is 14.1. The molecule has 0 aliphatic carbocycles. The molecule has 160 valence electrons. The third-order valence-electron chi connectivity index (χ3n) is 4.56. The first-order valence-corrected chi connectivity index (χ1v) is 9.99. The summed E-state index contributed by atoms with van der Waals surface area (Å²) in [5.74, 6) is -0.749. The summed E-state index contributed by atoms with van der Waals surface area (Å²) >= 11 is 0. The Morgan fingerprint density at radius 3 is 1.97 bits per heavy atom. The fourth-order valence-corrected chi connectivity index (χ4v) is 3.17. The Morgan fingerprint density at radius 2 is 1.43 bits per heavy atom. The Hall–Kier alpha value is -2.80. The molecule has 2 aromatic carbocycles. The first kappa shape index (κ1) is 23.5. The molecule has 0 fully saturated rings. The molecule has 0 heterocycles. The van der Waals surface area contributed by atoms with Crippen LogP contribution in [0.15, 0.2) is 54.6 Å². The second kappa shape index (κ2) is 10.3. The molecule has 30 heavy (non-hydrogen) atoms. The van der Waals surface area contributed by atoms with E-state index in [2.05, 4.69) is 45.1 Å². The van der Waals surface area contributed by atoms with E-state index in [1.807, 2.05) is 36.4 Å². The highest BCUT2D eigenvalue weighted by Crippen LogP contribution is 2.39. The zero-order chi connectivity index (χ0) is 22.3. The average molecular weight is 411 g/mol. The van der Waals surface area contributed by atoms with Crippen molar-refractivity contribution >= 4 is 19.3 Å². The predicted molar refractivity (Wildman–Crippen MR) is 117 cm³/mol. The number of hydrogen-bond donors (Lipinski definition) is 1. The molecule has 0 saturated carbocycles. The van der Waals surface area contributed by atoms with Crippen LogP contribution in [0.1, 0.15) is 64.8 Å². The smallest absolute Gasteiger partial charge is 0.489 e. The van der Waals surface area contributed by atoms with Crippen molar-refractivity contribution < 1.29 is 23.6 Å². The van der Waals surface area contributed by atoms with Gasteiger partial charge < -0.3 is 19.3 Å². The molecule has 1 N–H and O–H groups in total. The maximum absolute atomic E-state index is 11.4. The van der Waals surface area contributed by atoms with Crippen molar-refractivity contribution in [1.82, 2.24) is 5.32 Å². The van der Waals surface area contributed by atoms with E-state index in [4.69, 9.17) is 14.0 Å². The highest BCUT2D eigenvalue weighted by molar-refractivity contribution is 6.42. The third kappa shape index (κ3) is 6.92. The minimum absolute atomic E-state index is 0.0845. The van der Waals surface area contributed by atoms with Crippen molar-refractivity contribution in [2.45, 2.75) is 53.6 Å². The second-order valence-electron chi connectivity index (χ2n) is 8.26. The van der Waals surface area contributed by atoms with Gasteiger partial charge in [0.2, 0.25) is 0 Å². The molecule has 2 atom stereocenters. The molecule has 0 aliphatic heterocycles. The van der Waals surface area contributed by atoms with Crippen molar-refractivity contribution in [1.29, 1.82) is 0 Å². The van der Waals surface area contributed by atoms with Gasteiger partial charge in [-0.3, -0.25) is 9.59 Å². The topological polar surface area (TPSA) is 73.9 Å². The summed E-state index contributed by atoms with van der Waals surface area (Å²) in [6.45, 7) is 11.0. The van der Waals surface area contributed by atoms with E-state index >= 15 is 0 Å². The number of carbonyl (C=O) groups is 2. The molecule has 0 saturated heterocycles. The van der Waals surface area contributed by atoms with Crippen molar-refractivity contribution in [2.24, 2.45) is 5.41 Å². The van der Waals surface area contributed by atoms with Gasteiger partial charge in [-0.05, 0) is 24.0 Å². The van der Waals surface area contributed by atoms with Gasteiger partial charge >= 0.3 is 7.32 Å². The normalized spacial score (nSPS) is 13.1. The van der Waals surface area contributed by atoms with Crippen LogP contribution >= 0.6 is 0 Å². The Morgan fingerprint density at radius 1 is 0.900 bits per heavy atom. The molecule has 7 heteroatoms. The fourth-order valence-electron chi connectivity index (χ4n) is 3.17. The van der Waals surface area contributed by atoms with E-state index in [9.17, 15) is 9.59 Å². The number of hydrogen-bond acceptors (Lipinski definition) is 6. The molecule has 2 aromatic rings. The predicted octanol–water partition coefficient (Wildman–Crippen LogP) is 4.61. The van der Waals surface area contributed by atoms with E-state index < -0.39 is 19.3 Å². The minimum Gasteiger partial charge on any atom is -0.489 e. The average Bonchev–Trinajstić information content (AvgIpc) is 2.65. The molecule has 0 bridgehead atoms. The highest BCUT2D eigenvalue weighted by Gasteiger charge is 2.36. The van der Waals surface area contributed by atoms with Crippen molar-refractivity contribution in [3.05, 3.63) is 65.7 Å². The van der Waals surface area contributed by atoms with Crippen molar-refractivity contribution in [2.75, 3.05) is 0 Å². The number of nitrogens with one attached hydrogen (secondary N) is 1. The standard InChI is InChI=1S/C23H30BNO5/c1-16(19-12-8-7-9-13-19)25-22(23(4,5)6)20-14-10-11-15-21(20)30-24(28-17(2)26)29-18(3)27/h7-16,22,25H,1-6H3/t16-,22+/m1/s1. The van der Waals surface area contributed by atoms with Crippen LogP contribution in [-0.2, 0) is 18.9 Å². The number of benzene rings is 2. The molecule has 0 radical (unpaired) electrons. The molecule has 0 amide bonds. The molecule has 6 nitrogen and oxygen atoms in total. The van der Waals surface area contributed by atoms with Gasteiger partial charge in [0.05, 0.1) is 0 Å². The van der Waals surface area contributed by atoms with Crippen LogP contribution in [0.25, 0.3) is 0 Å². The van der Waals surface area contributed by atoms with Gasteiger partial charge in [0, 0.05) is 31.5 Å². The van der Waals surface area contributed by atoms with Crippen LogP contribution in [0.4, 0.5) is 0 Å². The lowest BCUT2D eigenvalue weighted by atomic mass is 9.81. The van der Waals surface area contributed by atoms with Gasteiger partial charge in [-0.1, -0.05) is 69.3 Å². The van der Waals surface area contributed by atoms with Gasteiger partial charge in [0.25, 0.3) is 11.9 Å². The van der Waals surface area contributed by atoms with Crippen LogP contribution in [-0.4, -0.2) is 19.3 Å². The molecular weight excluding hydrogens is 381 g/mol. The lowest BCUT2D eigenvalue weighted by molar-refractivity contribution is -0.139. The summed E-state index contributed by atoms with van der Waals surface area (Å²) in [4.78, 5) is 22.8. The molecule has 0 spiro atoms. The largest absolute Gasteiger partial charge is 0.868 e. The summed E-state index contributed by atoms with van der Waals surface area (Å²) in [6, 6.07) is 17.6. The molecule has 0 aromatic heterocycles. The molecule has 0 aliphatic rings. The summed E-state index contributed by atoms with van der Waals surface area (Å²) in [5.41, 5.74) is 1.88. The quantitative estimate of drug-likeness (QED) is 0.640. The van der Waals surface area contributed by atoms with Crippen molar-refractivity contribution in [3.63, 3.8) is 0 Å². The molecule has 2 rings (SSSR count). The number of para-hydroxylation sites is 1. The van der Waals surface area contributed by atoms with E-state index in [1.54, 1.807) is 6.07 Å². The van der Waals surface area contributed by atoms with Gasteiger partial charge in [0.15, 0.2) is 0 Å². The van der Waals surface area contributed by atoms with Crippen LogP contribution in [0.5, 0.6) is 5.75 Å². The Bertz CT molecular complexity index is 834. The maximum atomic E-state index is 11.4. The number of carbonyl (C=O) groups excluding carboxylic acids is 2. The Kier molecular flexibility index (Phi) is 8.06. The third-order valence-corrected chi connectivity index (χ3v) is 4.56. The Balaban J connectivity index is 2.35. The van der Waals surface area contributed by atoms with Crippen molar-refractivity contribution in [3.8, 4) is 5.75 Å². The highest BCUT2D eigenvalue weighted by atomic mass is 16.8. The van der Waals surface area contributed by atoms with Gasteiger partial charge in [-0.2, -0.15) is 0 Å². The van der Waals surface area contributed by atoms with E-state index in [0.29, 0.717) is 5.75 Å². The van der Waals surface area contributed by atoms with E-state index in [-0.39, 0.29) is 17.5 Å². The fraction of sp³-hybridized carbons (Fsp3) is 0.391. The minimum atomic E-state index is -1.45. The van der Waals surface area contributed by atoms with Crippen LogP contribution in [0.3, 0.4) is 0 Å². The molecular formula is C23H30BNO5. The van der Waals surface area contributed by atoms with Crippen LogP contribution in [0, 0.1) is 5.41 Å². The van der Waals surface area contributed by atoms with E-state index in [1.165, 1.54) is 19.4 Å². The summed E-state index contributed by atoms with van der Waals surface area (Å²) in [6.07, 6.45) is 0. The summed E-state index contributed by atoms with van der Waals surface area (Å²) < 4.78 is 15.8. The first-order valence-electron chi connectivity index (χ1n) is 9.99. The van der Waals surface area contributed by atoms with E-state index in [0.717, 1.165) is 5.56 Å². The lowest BCUT2D eigenvalue weighted by Gasteiger charge is -2.35. The summed E-state index contributed by atoms with van der Waals surface area (Å²) in [5, 5.41) is 3.69. The van der Waals surface area contributed by atoms with Gasteiger partial charge in [0.1, 0.15) is 5.75 Å². The zero-order valence-electron chi connectivity index (χ0n) is 18.5. The maximum Gasteiger partial charge on any atom is 0.868 e. The Labute approximate surface area is 179 Å². The second-order valence-corrected chi connectivity index (χ2v) is 8.26. The lowest BCUT2D eigenvalue weighted by Crippen LogP contribution is -2.37. The van der Waals surface area contributed by atoms with Crippen LogP contribution in [0.2, 0.25) is 0 Å². The zero-order valence-corrected chi connectivity index (χ0v) is 18.5. The number of rotatable bonds is 8. The summed E-state index contributed by atoms with van der Waals surface area (Å²) in [7, 11) is -1.45.